The molecule has 0 saturated heterocycles. The van der Waals surface area contributed by atoms with Gasteiger partial charge in [-0.3, -0.25) is 0 Å². The fourth-order valence-corrected chi connectivity index (χ4v) is 1.76. The van der Waals surface area contributed by atoms with Crippen LogP contribution < -0.4 is 10.2 Å². The predicted molar refractivity (Wildman–Crippen MR) is 70.1 cm³/mol. The third-order valence-electron chi connectivity index (χ3n) is 2.05. The lowest BCUT2D eigenvalue weighted by Crippen LogP contribution is -2.14. The molecule has 0 aromatic carbocycles. The Labute approximate surface area is 96.3 Å². The first kappa shape index (κ1) is 12.2. The zero-order chi connectivity index (χ0) is 11.1. The summed E-state index contributed by atoms with van der Waals surface area (Å²) >= 11 is 1.88. The van der Waals surface area contributed by atoms with Crippen LogP contribution in [0.25, 0.3) is 0 Å². The van der Waals surface area contributed by atoms with Crippen LogP contribution in [-0.2, 0) is 0 Å². The van der Waals surface area contributed by atoms with Crippen molar-refractivity contribution < 1.29 is 0 Å². The van der Waals surface area contributed by atoms with Crippen LogP contribution in [0.15, 0.2) is 18.3 Å². The number of thioether (sulfide) groups is 1. The van der Waals surface area contributed by atoms with E-state index in [1.807, 2.05) is 43.0 Å². The molecule has 1 aromatic rings. The fraction of sp³-hybridized carbons (Fsp3) is 0.545. The summed E-state index contributed by atoms with van der Waals surface area (Å²) in [6.07, 6.45) is 5.14. The lowest BCUT2D eigenvalue weighted by molar-refractivity contribution is 0.982. The SMILES string of the molecule is CSCCCNc1cccnc1N(C)C. The molecule has 15 heavy (non-hydrogen) atoms. The van der Waals surface area contributed by atoms with Gasteiger partial charge in [0.15, 0.2) is 5.82 Å². The van der Waals surface area contributed by atoms with Gasteiger partial charge in [-0.1, -0.05) is 0 Å². The number of rotatable bonds is 6. The van der Waals surface area contributed by atoms with Crippen molar-refractivity contribution in [2.75, 3.05) is 42.9 Å². The van der Waals surface area contributed by atoms with Crippen molar-refractivity contribution in [3.05, 3.63) is 18.3 Å². The van der Waals surface area contributed by atoms with Crippen LogP contribution >= 0.6 is 11.8 Å². The largest absolute Gasteiger partial charge is 0.382 e. The highest BCUT2D eigenvalue weighted by Gasteiger charge is 2.03. The fourth-order valence-electron chi connectivity index (χ4n) is 1.33. The molecule has 0 amide bonds. The number of aromatic nitrogens is 1. The van der Waals surface area contributed by atoms with Crippen LogP contribution in [-0.4, -0.2) is 37.6 Å². The topological polar surface area (TPSA) is 28.2 Å². The lowest BCUT2D eigenvalue weighted by atomic mass is 10.3. The Balaban J connectivity index is 2.52. The van der Waals surface area contributed by atoms with Gasteiger partial charge in [0.1, 0.15) is 0 Å². The first-order valence-corrected chi connectivity index (χ1v) is 6.50. The Morgan fingerprint density at radius 3 is 2.93 bits per heavy atom. The number of hydrogen-bond donors (Lipinski definition) is 1. The van der Waals surface area contributed by atoms with Crippen molar-refractivity contribution in [1.82, 2.24) is 4.98 Å². The first-order chi connectivity index (χ1) is 7.25. The molecule has 0 unspecified atom stereocenters. The van der Waals surface area contributed by atoms with E-state index in [9.17, 15) is 0 Å². The average molecular weight is 225 g/mol. The number of hydrogen-bond acceptors (Lipinski definition) is 4. The van der Waals surface area contributed by atoms with Crippen LogP contribution in [0.3, 0.4) is 0 Å². The number of anilines is 2. The molecule has 0 saturated carbocycles. The molecule has 0 fully saturated rings. The zero-order valence-corrected chi connectivity index (χ0v) is 10.5. The smallest absolute Gasteiger partial charge is 0.151 e. The summed E-state index contributed by atoms with van der Waals surface area (Å²) in [4.78, 5) is 6.36. The van der Waals surface area contributed by atoms with Crippen molar-refractivity contribution >= 4 is 23.3 Å². The third-order valence-corrected chi connectivity index (χ3v) is 2.75. The van der Waals surface area contributed by atoms with E-state index >= 15 is 0 Å². The summed E-state index contributed by atoms with van der Waals surface area (Å²) in [5, 5.41) is 3.41. The molecular weight excluding hydrogens is 206 g/mol. The highest BCUT2D eigenvalue weighted by atomic mass is 32.2. The Bertz CT molecular complexity index is 289. The van der Waals surface area contributed by atoms with Gasteiger partial charge in [-0.25, -0.2) is 4.98 Å². The van der Waals surface area contributed by atoms with E-state index in [2.05, 4.69) is 22.6 Å². The number of nitrogens with one attached hydrogen (secondary N) is 1. The summed E-state index contributed by atoms with van der Waals surface area (Å²) in [5.74, 6) is 2.20. The number of nitrogens with zero attached hydrogens (tertiary/aromatic N) is 2. The van der Waals surface area contributed by atoms with Gasteiger partial charge in [-0.2, -0.15) is 11.8 Å². The van der Waals surface area contributed by atoms with E-state index in [1.165, 1.54) is 12.2 Å². The Morgan fingerprint density at radius 2 is 2.27 bits per heavy atom. The van der Waals surface area contributed by atoms with E-state index in [0.29, 0.717) is 0 Å². The molecule has 0 bridgehead atoms. The van der Waals surface area contributed by atoms with Crippen molar-refractivity contribution in [2.45, 2.75) is 6.42 Å². The lowest BCUT2D eigenvalue weighted by Gasteiger charge is -2.16. The highest BCUT2D eigenvalue weighted by molar-refractivity contribution is 7.98. The van der Waals surface area contributed by atoms with E-state index < -0.39 is 0 Å². The van der Waals surface area contributed by atoms with Crippen LogP contribution in [0, 0.1) is 0 Å². The van der Waals surface area contributed by atoms with E-state index in [0.717, 1.165) is 18.1 Å². The summed E-state index contributed by atoms with van der Waals surface area (Å²) < 4.78 is 0. The maximum atomic E-state index is 4.34. The zero-order valence-electron chi connectivity index (χ0n) is 9.66. The van der Waals surface area contributed by atoms with Gasteiger partial charge in [-0.05, 0) is 30.6 Å². The van der Waals surface area contributed by atoms with Crippen molar-refractivity contribution in [2.24, 2.45) is 0 Å². The summed E-state index contributed by atoms with van der Waals surface area (Å²) in [6.45, 7) is 1.01. The number of pyridine rings is 1. The maximum absolute atomic E-state index is 4.34. The molecule has 4 heteroatoms. The molecule has 0 radical (unpaired) electrons. The summed E-state index contributed by atoms with van der Waals surface area (Å²) in [7, 11) is 4.02. The molecule has 0 atom stereocenters. The Hall–Kier alpha value is -0.900. The van der Waals surface area contributed by atoms with Crippen molar-refractivity contribution in [3.8, 4) is 0 Å². The second kappa shape index (κ2) is 6.56. The van der Waals surface area contributed by atoms with Crippen molar-refractivity contribution in [3.63, 3.8) is 0 Å². The van der Waals surface area contributed by atoms with Crippen molar-refractivity contribution in [1.29, 1.82) is 0 Å². The molecule has 84 valence electrons. The minimum atomic E-state index is 1.00. The summed E-state index contributed by atoms with van der Waals surface area (Å²) in [6, 6.07) is 4.03. The van der Waals surface area contributed by atoms with Crippen LogP contribution in [0.5, 0.6) is 0 Å². The van der Waals surface area contributed by atoms with E-state index in [-0.39, 0.29) is 0 Å². The van der Waals surface area contributed by atoms with Gasteiger partial charge >= 0.3 is 0 Å². The van der Waals surface area contributed by atoms with Gasteiger partial charge in [0, 0.05) is 26.8 Å². The van der Waals surface area contributed by atoms with Gasteiger partial charge in [0.2, 0.25) is 0 Å². The van der Waals surface area contributed by atoms with Crippen LogP contribution in [0.1, 0.15) is 6.42 Å². The van der Waals surface area contributed by atoms with Gasteiger partial charge < -0.3 is 10.2 Å². The monoisotopic (exact) mass is 225 g/mol. The van der Waals surface area contributed by atoms with Gasteiger partial charge in [-0.15, -0.1) is 0 Å². The predicted octanol–water partition coefficient (Wildman–Crippen LogP) is 2.31. The average Bonchev–Trinajstić information content (AvgIpc) is 2.25. The maximum Gasteiger partial charge on any atom is 0.151 e. The molecule has 0 spiro atoms. The summed E-state index contributed by atoms with van der Waals surface area (Å²) in [5.41, 5.74) is 1.11. The molecule has 0 aliphatic heterocycles. The van der Waals surface area contributed by atoms with Crippen LogP contribution in [0.2, 0.25) is 0 Å². The Kier molecular flexibility index (Phi) is 5.32. The minimum absolute atomic E-state index is 1.00. The second-order valence-electron chi connectivity index (χ2n) is 3.54. The molecule has 1 rings (SSSR count). The normalized spacial score (nSPS) is 10.1. The van der Waals surface area contributed by atoms with Crippen LogP contribution in [0.4, 0.5) is 11.5 Å². The molecular formula is C11H19N3S. The molecule has 1 N–H and O–H groups in total. The molecule has 0 aliphatic rings. The van der Waals surface area contributed by atoms with Gasteiger partial charge in [0.25, 0.3) is 0 Å². The molecule has 1 aromatic heterocycles. The standard InChI is InChI=1S/C11H19N3S/c1-14(2)11-10(6-4-7-13-11)12-8-5-9-15-3/h4,6-7,12H,5,8-9H2,1-3H3. The first-order valence-electron chi connectivity index (χ1n) is 5.11. The quantitative estimate of drug-likeness (QED) is 0.752. The second-order valence-corrected chi connectivity index (χ2v) is 4.53. The Morgan fingerprint density at radius 1 is 1.47 bits per heavy atom. The van der Waals surface area contributed by atoms with Gasteiger partial charge in [0.05, 0.1) is 5.69 Å². The molecule has 3 nitrogen and oxygen atoms in total. The highest BCUT2D eigenvalue weighted by Crippen LogP contribution is 2.19. The third kappa shape index (κ3) is 4.00. The van der Waals surface area contributed by atoms with E-state index in [1.54, 1.807) is 0 Å². The van der Waals surface area contributed by atoms with E-state index in [4.69, 9.17) is 0 Å². The molecule has 1 heterocycles. The minimum Gasteiger partial charge on any atom is -0.382 e. The molecule has 0 aliphatic carbocycles.